The molecule has 316 valence electrons. The quantitative estimate of drug-likeness (QED) is 0.0294. The Kier molecular flexibility index (Phi) is 16.8. The predicted octanol–water partition coefficient (Wildman–Crippen LogP) is -0.568. The molecule has 0 spiro atoms. The van der Waals surface area contributed by atoms with E-state index in [2.05, 4.69) is 19.8 Å². The smallest absolute Gasteiger partial charge is 0.397 e. The van der Waals surface area contributed by atoms with Crippen LogP contribution in [-0.2, 0) is 44.9 Å². The SMILES string of the molecule is CCCC(OC1OCC(O)C(OS(=O)(=O)O)C1O)C(NC(=O)C(O)Cc1ccc(O)c(Cl)c1)C(=O)N1C(C(=O)NCCCCN=C(N)N)CC2CCC(Cl)CC21. The lowest BCUT2D eigenvalue weighted by Gasteiger charge is -2.41. The third kappa shape index (κ3) is 12.5. The van der Waals surface area contributed by atoms with E-state index in [1.807, 2.05) is 0 Å². The molecule has 11 unspecified atom stereocenters. The monoisotopic (exact) mass is 854 g/mol. The van der Waals surface area contributed by atoms with Crippen molar-refractivity contribution < 1.29 is 61.4 Å². The first-order valence-corrected chi connectivity index (χ1v) is 20.6. The van der Waals surface area contributed by atoms with E-state index in [9.17, 15) is 43.0 Å². The van der Waals surface area contributed by atoms with Crippen LogP contribution in [0.15, 0.2) is 23.2 Å². The average molecular weight is 856 g/mol. The summed E-state index contributed by atoms with van der Waals surface area (Å²) in [6.07, 6.45) is -7.37. The third-order valence-corrected chi connectivity index (χ3v) is 11.2. The van der Waals surface area contributed by atoms with E-state index in [1.165, 1.54) is 23.1 Å². The van der Waals surface area contributed by atoms with Gasteiger partial charge < -0.3 is 56.9 Å². The number of aliphatic hydroxyl groups excluding tert-OH is 3. The van der Waals surface area contributed by atoms with Gasteiger partial charge in [-0.15, -0.1) is 11.6 Å². The van der Waals surface area contributed by atoms with Crippen LogP contribution in [-0.4, -0.2) is 142 Å². The van der Waals surface area contributed by atoms with Crippen LogP contribution in [0.2, 0.25) is 5.02 Å². The highest BCUT2D eigenvalue weighted by Crippen LogP contribution is 2.42. The van der Waals surface area contributed by atoms with Gasteiger partial charge in [0.05, 0.1) is 17.7 Å². The van der Waals surface area contributed by atoms with Crippen molar-refractivity contribution in [3.63, 3.8) is 0 Å². The van der Waals surface area contributed by atoms with Crippen molar-refractivity contribution in [1.82, 2.24) is 15.5 Å². The van der Waals surface area contributed by atoms with E-state index >= 15 is 4.79 Å². The zero-order chi connectivity index (χ0) is 41.3. The van der Waals surface area contributed by atoms with E-state index < -0.39 is 89.7 Å². The van der Waals surface area contributed by atoms with Gasteiger partial charge in [0.1, 0.15) is 42.2 Å². The zero-order valence-electron chi connectivity index (χ0n) is 30.8. The number of hydrogen-bond donors (Lipinski definition) is 9. The molecule has 56 heavy (non-hydrogen) atoms. The summed E-state index contributed by atoms with van der Waals surface area (Å²) in [6, 6.07) is 0.973. The minimum Gasteiger partial charge on any atom is -0.506 e. The van der Waals surface area contributed by atoms with Gasteiger partial charge in [-0.2, -0.15) is 8.42 Å². The normalized spacial score (nSPS) is 28.1. The number of guanidine groups is 1. The fraction of sp³-hybridized carbons (Fsp3) is 0.706. The molecule has 2 heterocycles. The number of phenolic OH excluding ortho intramolecular Hbond substituents is 1. The number of carbonyl (C=O) groups is 3. The molecule has 22 heteroatoms. The first-order valence-electron chi connectivity index (χ1n) is 18.4. The molecule has 3 fully saturated rings. The van der Waals surface area contributed by atoms with E-state index in [-0.39, 0.29) is 47.4 Å². The molecule has 11 N–H and O–H groups in total. The molecule has 0 aromatic heterocycles. The molecule has 19 nitrogen and oxygen atoms in total. The standard InChI is InChI=1S/C34H52Cl2N6O13S/c1-2-5-26(54-33-28(46)29(25(45)16-53-33)55-56(50,51)52)27(41-31(48)24(44)13-17-6-9-23(43)20(36)12-17)32(49)42-21-15-19(35)8-7-18(21)14-22(42)30(47)39-10-3-4-11-40-34(37)38/h6,9,12,18-19,21-22,24-29,33,43-46H,2-5,7-8,10-11,13-16H2,1H3,(H,39,47)(H,41,48)(H4,37,38,40)(H,50,51,52). The third-order valence-electron chi connectivity index (χ3n) is 10.1. The summed E-state index contributed by atoms with van der Waals surface area (Å²) in [5.41, 5.74) is 11.1. The van der Waals surface area contributed by atoms with Crippen LogP contribution in [0.5, 0.6) is 5.75 Å². The number of hydrogen-bond acceptors (Lipinski definition) is 13. The summed E-state index contributed by atoms with van der Waals surface area (Å²) in [5.74, 6) is -2.57. The maximum absolute atomic E-state index is 15.0. The van der Waals surface area contributed by atoms with Crippen LogP contribution in [0.4, 0.5) is 0 Å². The fourth-order valence-electron chi connectivity index (χ4n) is 7.37. The number of benzene rings is 1. The molecule has 0 bridgehead atoms. The second-order valence-corrected chi connectivity index (χ2v) is 16.3. The number of nitrogens with zero attached hydrogens (tertiary/aromatic N) is 2. The van der Waals surface area contributed by atoms with Gasteiger partial charge in [0, 0.05) is 30.9 Å². The highest BCUT2D eigenvalue weighted by molar-refractivity contribution is 7.80. The van der Waals surface area contributed by atoms with Crippen LogP contribution in [0.25, 0.3) is 0 Å². The molecular formula is C34H52Cl2N6O13S. The van der Waals surface area contributed by atoms with Crippen LogP contribution >= 0.6 is 23.2 Å². The average Bonchev–Trinajstić information content (AvgIpc) is 3.50. The van der Waals surface area contributed by atoms with Crippen molar-refractivity contribution in [3.05, 3.63) is 28.8 Å². The number of likely N-dealkylation sites (tertiary alicyclic amines) is 1. The van der Waals surface area contributed by atoms with Crippen LogP contribution in [0, 0.1) is 5.92 Å². The lowest BCUT2D eigenvalue weighted by Crippen LogP contribution is -2.63. The van der Waals surface area contributed by atoms with E-state index in [0.29, 0.717) is 57.1 Å². The molecule has 4 rings (SSSR count). The molecule has 1 aromatic rings. The van der Waals surface area contributed by atoms with Gasteiger partial charge in [0.15, 0.2) is 12.2 Å². The molecule has 2 saturated heterocycles. The number of amides is 3. The highest BCUT2D eigenvalue weighted by atomic mass is 35.5. The molecular weight excluding hydrogens is 803 g/mol. The second kappa shape index (κ2) is 20.6. The van der Waals surface area contributed by atoms with Crippen LogP contribution < -0.4 is 22.1 Å². The number of ether oxygens (including phenoxy) is 2. The molecule has 1 aromatic carbocycles. The molecule has 1 aliphatic carbocycles. The minimum absolute atomic E-state index is 0.0150. The summed E-state index contributed by atoms with van der Waals surface area (Å²) in [7, 11) is -5.16. The largest absolute Gasteiger partial charge is 0.506 e. The number of alkyl halides is 1. The number of phenols is 1. The lowest BCUT2D eigenvalue weighted by molar-refractivity contribution is -0.281. The number of fused-ring (bicyclic) bond motifs is 1. The number of carbonyl (C=O) groups excluding carboxylic acids is 3. The Morgan fingerprint density at radius 1 is 1.16 bits per heavy atom. The second-order valence-electron chi connectivity index (χ2n) is 14.2. The minimum atomic E-state index is -5.16. The first kappa shape index (κ1) is 45.6. The Labute approximate surface area is 335 Å². The molecule has 3 amide bonds. The number of unbranched alkanes of at least 4 members (excludes halogenated alkanes) is 1. The van der Waals surface area contributed by atoms with Gasteiger partial charge in [-0.3, -0.25) is 23.9 Å². The Hall–Kier alpha value is -3.05. The summed E-state index contributed by atoms with van der Waals surface area (Å²) < 4.78 is 48.4. The fourth-order valence-corrected chi connectivity index (χ4v) is 8.40. The molecule has 0 radical (unpaired) electrons. The van der Waals surface area contributed by atoms with Crippen molar-refractivity contribution in [2.24, 2.45) is 22.4 Å². The molecule has 1 saturated carbocycles. The lowest BCUT2D eigenvalue weighted by atomic mass is 9.84. The van der Waals surface area contributed by atoms with Crippen LogP contribution in [0.3, 0.4) is 0 Å². The topological polar surface area (TPSA) is 306 Å². The Morgan fingerprint density at radius 3 is 2.55 bits per heavy atom. The Morgan fingerprint density at radius 2 is 1.89 bits per heavy atom. The van der Waals surface area contributed by atoms with E-state index in [1.54, 1.807) is 6.92 Å². The van der Waals surface area contributed by atoms with Gasteiger partial charge in [0.2, 0.25) is 17.7 Å². The molecule has 11 atom stereocenters. The van der Waals surface area contributed by atoms with Gasteiger partial charge in [-0.25, -0.2) is 4.18 Å². The first-order chi connectivity index (χ1) is 26.4. The van der Waals surface area contributed by atoms with Crippen molar-refractivity contribution >= 4 is 57.3 Å². The van der Waals surface area contributed by atoms with Gasteiger partial charge in [-0.05, 0) is 68.6 Å². The zero-order valence-corrected chi connectivity index (χ0v) is 33.1. The number of halogens is 2. The van der Waals surface area contributed by atoms with Crippen molar-refractivity contribution in [2.75, 3.05) is 19.7 Å². The summed E-state index contributed by atoms with van der Waals surface area (Å²) >= 11 is 12.6. The predicted molar refractivity (Wildman–Crippen MR) is 202 cm³/mol. The summed E-state index contributed by atoms with van der Waals surface area (Å²) in [5, 5.41) is 47.3. The van der Waals surface area contributed by atoms with E-state index in [4.69, 9.17) is 44.1 Å². The van der Waals surface area contributed by atoms with Gasteiger partial charge >= 0.3 is 10.4 Å². The van der Waals surface area contributed by atoms with E-state index in [0.717, 1.165) is 0 Å². The Balaban J connectivity index is 1.66. The number of rotatable bonds is 18. The van der Waals surface area contributed by atoms with Gasteiger partial charge in [-0.1, -0.05) is 31.0 Å². The summed E-state index contributed by atoms with van der Waals surface area (Å²) in [4.78, 5) is 47.9. The highest BCUT2D eigenvalue weighted by Gasteiger charge is 2.52. The molecule has 3 aliphatic rings. The van der Waals surface area contributed by atoms with Crippen molar-refractivity contribution in [3.8, 4) is 5.75 Å². The number of aliphatic imine (C=N–C) groups is 1. The maximum Gasteiger partial charge on any atom is 0.397 e. The van der Waals surface area contributed by atoms with Crippen LogP contribution in [0.1, 0.15) is 63.9 Å². The maximum atomic E-state index is 15.0. The number of nitrogens with one attached hydrogen (secondary N) is 2. The molecule has 2 aliphatic heterocycles. The number of nitrogens with two attached hydrogens (primary N) is 2. The van der Waals surface area contributed by atoms with Gasteiger partial charge in [0.25, 0.3) is 0 Å². The number of aromatic hydroxyl groups is 1. The summed E-state index contributed by atoms with van der Waals surface area (Å²) in [6.45, 7) is 1.75. The van der Waals surface area contributed by atoms with Crippen molar-refractivity contribution in [1.29, 1.82) is 0 Å². The van der Waals surface area contributed by atoms with Crippen molar-refractivity contribution in [2.45, 2.75) is 125 Å². The Bertz CT molecular complexity index is 1660. The number of aliphatic hydroxyl groups is 3.